The third-order valence-electron chi connectivity index (χ3n) is 2.62. The summed E-state index contributed by atoms with van der Waals surface area (Å²) in [4.78, 5) is 8.41. The highest BCUT2D eigenvalue weighted by Gasteiger charge is 2.00. The van der Waals surface area contributed by atoms with Crippen LogP contribution in [0.3, 0.4) is 0 Å². The van der Waals surface area contributed by atoms with Gasteiger partial charge in [-0.25, -0.2) is 9.98 Å². The second-order valence-corrected chi connectivity index (χ2v) is 5.08. The Kier molecular flexibility index (Phi) is 7.51. The van der Waals surface area contributed by atoms with Crippen molar-refractivity contribution < 1.29 is 0 Å². The molecule has 0 atom stereocenters. The molecule has 0 aliphatic rings. The molecule has 0 bridgehead atoms. The maximum absolute atomic E-state index is 4.44. The Morgan fingerprint density at radius 2 is 1.95 bits per heavy atom. The van der Waals surface area contributed by atoms with E-state index in [2.05, 4.69) is 52.2 Å². The molecule has 0 N–H and O–H groups in total. The van der Waals surface area contributed by atoms with Crippen molar-refractivity contribution in [3.63, 3.8) is 0 Å². The van der Waals surface area contributed by atoms with Gasteiger partial charge in [0.1, 0.15) is 4.61 Å². The van der Waals surface area contributed by atoms with E-state index in [4.69, 9.17) is 0 Å². The summed E-state index contributed by atoms with van der Waals surface area (Å²) >= 11 is 3.45. The maximum Gasteiger partial charge on any atom is 0.159 e. The zero-order chi connectivity index (χ0) is 14.8. The fraction of sp³-hybridized carbons (Fsp3) is 0.176. The molecule has 0 aromatic heterocycles. The van der Waals surface area contributed by atoms with Crippen molar-refractivity contribution in [3.8, 4) is 0 Å². The molecule has 1 aromatic rings. The Balaban J connectivity index is 2.80. The molecule has 0 spiro atoms. The predicted octanol–water partition coefficient (Wildman–Crippen LogP) is 5.28. The molecule has 1 aromatic carbocycles. The maximum atomic E-state index is 4.44. The Hall–Kier alpha value is -1.74. The molecule has 0 amide bonds. The molecule has 1 rings (SSSR count). The van der Waals surface area contributed by atoms with E-state index < -0.39 is 0 Å². The Morgan fingerprint density at radius 3 is 2.55 bits per heavy atom. The van der Waals surface area contributed by atoms with Gasteiger partial charge in [-0.15, -0.1) is 6.58 Å². The summed E-state index contributed by atoms with van der Waals surface area (Å²) in [5.41, 5.74) is 2.23. The number of amidine groups is 1. The van der Waals surface area contributed by atoms with E-state index in [1.165, 1.54) is 5.57 Å². The summed E-state index contributed by atoms with van der Waals surface area (Å²) in [6, 6.07) is 9.79. The fourth-order valence-corrected chi connectivity index (χ4v) is 1.87. The van der Waals surface area contributed by atoms with Crippen molar-refractivity contribution in [2.75, 3.05) is 0 Å². The van der Waals surface area contributed by atoms with Crippen LogP contribution in [0, 0.1) is 0 Å². The van der Waals surface area contributed by atoms with E-state index in [1.807, 2.05) is 42.5 Å². The molecule has 0 aliphatic carbocycles. The second kappa shape index (κ2) is 9.21. The molecule has 3 heteroatoms. The highest BCUT2D eigenvalue weighted by molar-refractivity contribution is 9.11. The summed E-state index contributed by atoms with van der Waals surface area (Å²) in [6.07, 6.45) is 7.79. The average molecular weight is 331 g/mol. The van der Waals surface area contributed by atoms with Crippen LogP contribution in [0.2, 0.25) is 0 Å². The summed E-state index contributed by atoms with van der Waals surface area (Å²) in [5, 5.41) is 0. The quantitative estimate of drug-likeness (QED) is 0.293. The van der Waals surface area contributed by atoms with E-state index >= 15 is 0 Å². The molecule has 0 unspecified atom stereocenters. The van der Waals surface area contributed by atoms with Crippen LogP contribution >= 0.6 is 15.9 Å². The summed E-state index contributed by atoms with van der Waals surface area (Å²) in [5.74, 6) is 0.612. The molecule has 0 saturated heterocycles. The van der Waals surface area contributed by atoms with Gasteiger partial charge in [-0.2, -0.15) is 0 Å². The van der Waals surface area contributed by atoms with Crippen LogP contribution in [0.15, 0.2) is 75.3 Å². The van der Waals surface area contributed by atoms with E-state index in [-0.39, 0.29) is 0 Å². The van der Waals surface area contributed by atoms with Crippen LogP contribution < -0.4 is 0 Å². The average Bonchev–Trinajstić information content (AvgIpc) is 2.49. The molecule has 0 saturated carbocycles. The summed E-state index contributed by atoms with van der Waals surface area (Å²) in [6.45, 7) is 9.37. The van der Waals surface area contributed by atoms with Crippen LogP contribution in [0.4, 0.5) is 0 Å². The van der Waals surface area contributed by atoms with Gasteiger partial charge in [-0.3, -0.25) is 0 Å². The number of nitrogens with zero attached hydrogens (tertiary/aromatic N) is 2. The molecule has 20 heavy (non-hydrogen) atoms. The SMILES string of the molecule is C=CC/C=C(\C)C/C=C(Br)\N=C(/N=C)c1ccccc1. The zero-order valence-electron chi connectivity index (χ0n) is 11.7. The number of hydrogen-bond acceptors (Lipinski definition) is 1. The third-order valence-corrected chi connectivity index (χ3v) is 3.12. The first-order valence-electron chi connectivity index (χ1n) is 6.40. The van der Waals surface area contributed by atoms with Gasteiger partial charge in [0, 0.05) is 5.56 Å². The fourth-order valence-electron chi connectivity index (χ4n) is 1.54. The van der Waals surface area contributed by atoms with Gasteiger partial charge < -0.3 is 0 Å². The third kappa shape index (κ3) is 5.93. The minimum Gasteiger partial charge on any atom is -0.245 e. The van der Waals surface area contributed by atoms with Crippen LogP contribution in [-0.4, -0.2) is 12.6 Å². The minimum absolute atomic E-state index is 0.612. The Morgan fingerprint density at radius 1 is 1.25 bits per heavy atom. The van der Waals surface area contributed by atoms with Crippen LogP contribution in [0.5, 0.6) is 0 Å². The van der Waals surface area contributed by atoms with Crippen molar-refractivity contribution in [3.05, 3.63) is 70.9 Å². The van der Waals surface area contributed by atoms with Gasteiger partial charge in [0.15, 0.2) is 5.84 Å². The normalized spacial score (nSPS) is 13.2. The lowest BCUT2D eigenvalue weighted by Crippen LogP contribution is -1.95. The van der Waals surface area contributed by atoms with Crippen molar-refractivity contribution in [2.45, 2.75) is 19.8 Å². The topological polar surface area (TPSA) is 24.7 Å². The first-order chi connectivity index (χ1) is 9.67. The van der Waals surface area contributed by atoms with Crippen molar-refractivity contribution in [2.24, 2.45) is 9.98 Å². The molecule has 2 nitrogen and oxygen atoms in total. The smallest absolute Gasteiger partial charge is 0.159 e. The van der Waals surface area contributed by atoms with Gasteiger partial charge in [0.25, 0.3) is 0 Å². The summed E-state index contributed by atoms with van der Waals surface area (Å²) < 4.78 is 0.759. The highest BCUT2D eigenvalue weighted by atomic mass is 79.9. The first-order valence-corrected chi connectivity index (χ1v) is 7.19. The molecule has 0 radical (unpaired) electrons. The lowest BCUT2D eigenvalue weighted by Gasteiger charge is -2.00. The Labute approximate surface area is 129 Å². The second-order valence-electron chi connectivity index (χ2n) is 4.27. The number of rotatable bonds is 6. The van der Waals surface area contributed by atoms with Crippen LogP contribution in [0.1, 0.15) is 25.3 Å². The van der Waals surface area contributed by atoms with E-state index in [9.17, 15) is 0 Å². The molecule has 0 heterocycles. The first kappa shape index (κ1) is 16.3. The Bertz CT molecular complexity index is 539. The number of allylic oxidation sites excluding steroid dienone is 4. The number of hydrogen-bond donors (Lipinski definition) is 0. The van der Waals surface area contributed by atoms with Crippen LogP contribution in [0.25, 0.3) is 0 Å². The minimum atomic E-state index is 0.612. The zero-order valence-corrected chi connectivity index (χ0v) is 13.3. The standard InChI is InChI=1S/C17H19BrN2/c1-4-5-9-14(2)12-13-16(18)20-17(19-3)15-10-7-6-8-11-15/h4,6-11,13H,1,3,5,12H2,2H3/b14-9+,16-13-,20-17-. The van der Waals surface area contributed by atoms with Crippen LogP contribution in [-0.2, 0) is 0 Å². The highest BCUT2D eigenvalue weighted by Crippen LogP contribution is 2.14. The van der Waals surface area contributed by atoms with Gasteiger partial charge in [0.2, 0.25) is 0 Å². The number of aliphatic imine (C=N–C) groups is 2. The lowest BCUT2D eigenvalue weighted by molar-refractivity contribution is 1.16. The number of benzene rings is 1. The largest absolute Gasteiger partial charge is 0.245 e. The molecule has 0 aliphatic heterocycles. The summed E-state index contributed by atoms with van der Waals surface area (Å²) in [7, 11) is 0. The molecular formula is C17H19BrN2. The van der Waals surface area contributed by atoms with Crippen molar-refractivity contribution >= 4 is 28.5 Å². The van der Waals surface area contributed by atoms with Crippen molar-refractivity contribution in [1.29, 1.82) is 0 Å². The van der Waals surface area contributed by atoms with Gasteiger partial charge >= 0.3 is 0 Å². The van der Waals surface area contributed by atoms with E-state index in [0.29, 0.717) is 5.84 Å². The van der Waals surface area contributed by atoms with Gasteiger partial charge in [0.05, 0.1) is 0 Å². The monoisotopic (exact) mass is 330 g/mol. The van der Waals surface area contributed by atoms with E-state index in [1.54, 1.807) is 0 Å². The van der Waals surface area contributed by atoms with E-state index in [0.717, 1.165) is 23.0 Å². The number of halogens is 1. The predicted molar refractivity (Wildman–Crippen MR) is 92.7 cm³/mol. The molecule has 0 fully saturated rings. The van der Waals surface area contributed by atoms with Gasteiger partial charge in [-0.1, -0.05) is 48.1 Å². The van der Waals surface area contributed by atoms with Gasteiger partial charge in [-0.05, 0) is 48.5 Å². The lowest BCUT2D eigenvalue weighted by atomic mass is 10.2. The van der Waals surface area contributed by atoms with Crippen molar-refractivity contribution in [1.82, 2.24) is 0 Å². The molecular weight excluding hydrogens is 312 g/mol. The molecule has 104 valence electrons.